The first kappa shape index (κ1) is 34.3. The number of methoxy groups -OCH3 is 1. The molecule has 39 heavy (non-hydrogen) atoms. The van der Waals surface area contributed by atoms with Crippen molar-refractivity contribution in [2.75, 3.05) is 7.11 Å². The summed E-state index contributed by atoms with van der Waals surface area (Å²) in [5.74, 6) is 0.784. The van der Waals surface area contributed by atoms with Gasteiger partial charge in [0.25, 0.3) is 0 Å². The predicted molar refractivity (Wildman–Crippen MR) is 173 cm³/mol. The van der Waals surface area contributed by atoms with Crippen LogP contribution in [0.1, 0.15) is 118 Å². The van der Waals surface area contributed by atoms with E-state index in [1.54, 1.807) is 13.2 Å². The number of rotatable bonds is 18. The number of hydrogen-bond donors (Lipinski definition) is 1. The van der Waals surface area contributed by atoms with E-state index in [-0.39, 0.29) is 5.75 Å². The molecular weight excluding hydrogens is 476 g/mol. The average Bonchev–Trinajstić information content (AvgIpc) is 2.88. The zero-order valence-electron chi connectivity index (χ0n) is 26.3. The van der Waals surface area contributed by atoms with Crippen LogP contribution in [0.25, 0.3) is 0 Å². The molecule has 1 aromatic carbocycles. The van der Waals surface area contributed by atoms with Gasteiger partial charge in [-0.3, -0.25) is 0 Å². The Bertz CT molecular complexity index is 1040. The second-order valence-electron chi connectivity index (χ2n) is 11.4. The molecule has 1 rings (SSSR count). The van der Waals surface area contributed by atoms with Crippen molar-refractivity contribution in [2.45, 2.75) is 119 Å². The van der Waals surface area contributed by atoms with Gasteiger partial charge >= 0.3 is 0 Å². The molecule has 0 amide bonds. The van der Waals surface area contributed by atoms with Crippen molar-refractivity contribution in [3.05, 3.63) is 93.7 Å². The number of aromatic hydroxyl groups is 1. The lowest BCUT2D eigenvalue weighted by atomic mass is 10.0. The molecule has 0 spiro atoms. The summed E-state index contributed by atoms with van der Waals surface area (Å²) in [7, 11) is 1.58. The molecule has 0 radical (unpaired) electrons. The molecule has 0 heterocycles. The lowest BCUT2D eigenvalue weighted by molar-refractivity contribution is 0.371. The monoisotopic (exact) mass is 532 g/mol. The Morgan fingerprint density at radius 3 is 1.36 bits per heavy atom. The van der Waals surface area contributed by atoms with Crippen molar-refractivity contribution in [3.8, 4) is 11.5 Å². The van der Waals surface area contributed by atoms with Crippen LogP contribution >= 0.6 is 0 Å². The highest BCUT2D eigenvalue weighted by molar-refractivity contribution is 5.46. The molecule has 0 saturated carbocycles. The van der Waals surface area contributed by atoms with E-state index in [9.17, 15) is 5.11 Å². The van der Waals surface area contributed by atoms with Gasteiger partial charge in [-0.2, -0.15) is 0 Å². The quantitative estimate of drug-likeness (QED) is 0.190. The topological polar surface area (TPSA) is 29.5 Å². The van der Waals surface area contributed by atoms with Gasteiger partial charge in [-0.15, -0.1) is 0 Å². The smallest absolute Gasteiger partial charge is 0.161 e. The fourth-order valence-electron chi connectivity index (χ4n) is 4.47. The van der Waals surface area contributed by atoms with Crippen molar-refractivity contribution in [1.29, 1.82) is 0 Å². The third-order valence-electron chi connectivity index (χ3n) is 7.19. The summed E-state index contributed by atoms with van der Waals surface area (Å²) in [5, 5.41) is 10.3. The van der Waals surface area contributed by atoms with Crippen LogP contribution < -0.4 is 4.74 Å². The molecule has 1 N–H and O–H groups in total. The molecule has 0 fully saturated rings. The summed E-state index contributed by atoms with van der Waals surface area (Å²) in [6, 6.07) is 5.66. The van der Waals surface area contributed by atoms with Crippen molar-refractivity contribution in [3.63, 3.8) is 0 Å². The van der Waals surface area contributed by atoms with Crippen LogP contribution in [0.3, 0.4) is 0 Å². The van der Waals surface area contributed by atoms with Gasteiger partial charge in [-0.25, -0.2) is 0 Å². The molecule has 0 saturated heterocycles. The van der Waals surface area contributed by atoms with E-state index in [1.807, 2.05) is 12.1 Å². The summed E-state index contributed by atoms with van der Waals surface area (Å²) in [6.07, 6.45) is 26.3. The maximum Gasteiger partial charge on any atom is 0.161 e. The number of allylic oxidation sites excluding steroid dienone is 12. The largest absolute Gasteiger partial charge is 0.504 e. The third kappa shape index (κ3) is 16.7. The molecular formula is C37H56O2. The normalized spacial score (nSPS) is 13.6. The summed E-state index contributed by atoms with van der Waals surface area (Å²) in [5.41, 5.74) is 9.67. The molecule has 0 bridgehead atoms. The summed E-state index contributed by atoms with van der Waals surface area (Å²) >= 11 is 0. The van der Waals surface area contributed by atoms with Crippen LogP contribution in [0.4, 0.5) is 0 Å². The van der Waals surface area contributed by atoms with E-state index < -0.39 is 0 Å². The lowest BCUT2D eigenvalue weighted by Crippen LogP contribution is -1.89. The van der Waals surface area contributed by atoms with E-state index in [4.69, 9.17) is 4.74 Å². The van der Waals surface area contributed by atoms with Gasteiger partial charge in [-0.05, 0) is 125 Å². The Labute approximate surface area is 241 Å². The molecule has 0 aliphatic heterocycles. The highest BCUT2D eigenvalue weighted by Gasteiger charge is 2.05. The Morgan fingerprint density at radius 2 is 0.974 bits per heavy atom. The summed E-state index contributed by atoms with van der Waals surface area (Å²) < 4.78 is 5.20. The van der Waals surface area contributed by atoms with Gasteiger partial charge in [-0.1, -0.05) is 82.0 Å². The molecule has 2 heteroatoms. The first-order valence-corrected chi connectivity index (χ1v) is 14.9. The number of para-hydroxylation sites is 1. The number of phenols is 1. The standard InChI is InChI=1S/C37H56O2/c1-29(2)15-9-16-30(3)17-10-18-31(4)19-11-20-32(5)21-12-22-33(6)23-13-24-34(7)27-28-35-25-14-26-36(39-8)37(35)38/h14-15,17,19,21,23,25-27,38H,9-13,16,18,20,22,24,28H2,1-8H3. The van der Waals surface area contributed by atoms with Gasteiger partial charge in [0.1, 0.15) is 0 Å². The summed E-state index contributed by atoms with van der Waals surface area (Å²) in [4.78, 5) is 0. The van der Waals surface area contributed by atoms with Crippen LogP contribution in [0, 0.1) is 0 Å². The van der Waals surface area contributed by atoms with Crippen molar-refractivity contribution in [1.82, 2.24) is 0 Å². The van der Waals surface area contributed by atoms with Gasteiger partial charge in [0.15, 0.2) is 11.5 Å². The van der Waals surface area contributed by atoms with Crippen molar-refractivity contribution >= 4 is 0 Å². The summed E-state index contributed by atoms with van der Waals surface area (Å²) in [6.45, 7) is 15.6. The van der Waals surface area contributed by atoms with Crippen molar-refractivity contribution in [2.24, 2.45) is 0 Å². The van der Waals surface area contributed by atoms with Crippen LogP contribution in [0.5, 0.6) is 11.5 Å². The second-order valence-corrected chi connectivity index (χ2v) is 11.4. The first-order chi connectivity index (χ1) is 18.6. The Hall–Kier alpha value is -2.74. The Morgan fingerprint density at radius 1 is 0.590 bits per heavy atom. The fourth-order valence-corrected chi connectivity index (χ4v) is 4.47. The van der Waals surface area contributed by atoms with Crippen molar-refractivity contribution < 1.29 is 9.84 Å². The van der Waals surface area contributed by atoms with E-state index in [2.05, 4.69) is 84.9 Å². The predicted octanol–water partition coefficient (Wildman–Crippen LogP) is 11.5. The maximum atomic E-state index is 10.3. The first-order valence-electron chi connectivity index (χ1n) is 14.9. The molecule has 2 nitrogen and oxygen atoms in total. The number of benzene rings is 1. The zero-order valence-corrected chi connectivity index (χ0v) is 26.3. The number of phenolic OH excluding ortho intramolecular Hbond substituents is 1. The minimum absolute atomic E-state index is 0.249. The molecule has 0 atom stereocenters. The van der Waals surface area contributed by atoms with Gasteiger partial charge < -0.3 is 9.84 Å². The minimum atomic E-state index is 0.249. The fraction of sp³-hybridized carbons (Fsp3) is 0.514. The lowest BCUT2D eigenvalue weighted by Gasteiger charge is -2.07. The van der Waals surface area contributed by atoms with Crippen LogP contribution in [0.15, 0.2) is 88.1 Å². The SMILES string of the molecule is COc1cccc(CC=C(C)CCC=C(C)CCC=C(C)CCC=C(C)CCC=C(C)CCC=C(C)C)c1O. The minimum Gasteiger partial charge on any atom is -0.504 e. The van der Waals surface area contributed by atoms with Gasteiger partial charge in [0, 0.05) is 5.56 Å². The third-order valence-corrected chi connectivity index (χ3v) is 7.19. The Kier molecular flexibility index (Phi) is 17.8. The van der Waals surface area contributed by atoms with Gasteiger partial charge in [0.05, 0.1) is 7.11 Å². The van der Waals surface area contributed by atoms with E-state index >= 15 is 0 Å². The van der Waals surface area contributed by atoms with E-state index in [1.165, 1.54) is 46.3 Å². The number of hydrogen-bond acceptors (Lipinski definition) is 2. The molecule has 216 valence electrons. The van der Waals surface area contributed by atoms with Crippen LogP contribution in [-0.2, 0) is 6.42 Å². The molecule has 1 aromatic rings. The average molecular weight is 533 g/mol. The molecule has 0 unspecified atom stereocenters. The molecule has 0 aliphatic carbocycles. The highest BCUT2D eigenvalue weighted by Crippen LogP contribution is 2.30. The second kappa shape index (κ2) is 20.2. The van der Waals surface area contributed by atoms with E-state index in [0.29, 0.717) is 5.75 Å². The van der Waals surface area contributed by atoms with E-state index in [0.717, 1.165) is 63.4 Å². The van der Waals surface area contributed by atoms with Gasteiger partial charge in [0.2, 0.25) is 0 Å². The number of ether oxygens (including phenoxy) is 1. The van der Waals surface area contributed by atoms with Crippen LogP contribution in [0.2, 0.25) is 0 Å². The molecule has 0 aliphatic rings. The highest BCUT2D eigenvalue weighted by atomic mass is 16.5. The molecule has 0 aromatic heterocycles. The zero-order chi connectivity index (χ0) is 29.0. The van der Waals surface area contributed by atoms with Crippen LogP contribution in [-0.4, -0.2) is 12.2 Å². The Balaban J connectivity index is 2.30. The maximum absolute atomic E-state index is 10.3.